The Kier molecular flexibility index (Phi) is 6.04. The molecule has 1 heterocycles. The zero-order chi connectivity index (χ0) is 13.6. The number of methoxy groups -OCH3 is 1. The smallest absolute Gasteiger partial charge is 0.305 e. The highest BCUT2D eigenvalue weighted by Gasteiger charge is 2.30. The van der Waals surface area contributed by atoms with Crippen molar-refractivity contribution in [1.82, 2.24) is 4.31 Å². The number of hydrogen-bond acceptors (Lipinski definition) is 5. The van der Waals surface area contributed by atoms with Crippen LogP contribution in [0.5, 0.6) is 0 Å². The number of nitrogens with zero attached hydrogens (tertiary/aromatic N) is 1. The maximum atomic E-state index is 12.2. The molecule has 1 aliphatic heterocycles. The van der Waals surface area contributed by atoms with Crippen LogP contribution in [-0.2, 0) is 24.3 Å². The summed E-state index contributed by atoms with van der Waals surface area (Å²) in [6.07, 6.45) is 1.81. The first-order valence-electron chi connectivity index (χ1n) is 6.08. The van der Waals surface area contributed by atoms with Gasteiger partial charge in [-0.05, 0) is 19.3 Å². The second kappa shape index (κ2) is 7.06. The molecule has 1 aliphatic rings. The van der Waals surface area contributed by atoms with Gasteiger partial charge in [0, 0.05) is 33.2 Å². The molecule has 0 saturated carbocycles. The monoisotopic (exact) mass is 279 g/mol. The van der Waals surface area contributed by atoms with E-state index in [0.717, 1.165) is 0 Å². The zero-order valence-electron chi connectivity index (χ0n) is 10.9. The number of hydrogen-bond donors (Lipinski definition) is 0. The van der Waals surface area contributed by atoms with Crippen molar-refractivity contribution >= 4 is 16.0 Å². The summed E-state index contributed by atoms with van der Waals surface area (Å²) in [5.74, 6) is -0.313. The Labute approximate surface area is 108 Å². The molecular weight excluding hydrogens is 258 g/mol. The minimum Gasteiger partial charge on any atom is -0.469 e. The van der Waals surface area contributed by atoms with Crippen molar-refractivity contribution in [3.8, 4) is 0 Å². The standard InChI is InChI=1S/C11H21NO5S/c1-12(7-3-4-11(13)16-2)18(14,15)10-5-8-17-9-6-10/h10H,3-9H2,1-2H3. The van der Waals surface area contributed by atoms with Gasteiger partial charge in [-0.3, -0.25) is 4.79 Å². The van der Waals surface area contributed by atoms with E-state index in [1.807, 2.05) is 0 Å². The summed E-state index contributed by atoms with van der Waals surface area (Å²) in [7, 11) is -0.384. The van der Waals surface area contributed by atoms with Gasteiger partial charge < -0.3 is 9.47 Å². The van der Waals surface area contributed by atoms with Crippen LogP contribution < -0.4 is 0 Å². The molecule has 0 radical (unpaired) electrons. The molecular formula is C11H21NO5S. The number of ether oxygens (including phenoxy) is 2. The van der Waals surface area contributed by atoms with Crippen LogP contribution in [-0.4, -0.2) is 57.9 Å². The van der Waals surface area contributed by atoms with Crippen molar-refractivity contribution < 1.29 is 22.7 Å². The van der Waals surface area contributed by atoms with Crippen LogP contribution in [0.25, 0.3) is 0 Å². The number of carbonyl (C=O) groups is 1. The Balaban J connectivity index is 2.43. The summed E-state index contributed by atoms with van der Waals surface area (Å²) in [6.45, 7) is 1.34. The Hall–Kier alpha value is -0.660. The minimum atomic E-state index is -3.27. The molecule has 1 saturated heterocycles. The fourth-order valence-corrected chi connectivity index (χ4v) is 3.58. The third kappa shape index (κ3) is 4.22. The Morgan fingerprint density at radius 2 is 2.00 bits per heavy atom. The van der Waals surface area contributed by atoms with E-state index >= 15 is 0 Å². The van der Waals surface area contributed by atoms with Gasteiger partial charge in [-0.2, -0.15) is 0 Å². The lowest BCUT2D eigenvalue weighted by Gasteiger charge is -2.27. The second-order valence-electron chi connectivity index (χ2n) is 4.36. The molecule has 1 fully saturated rings. The third-order valence-corrected chi connectivity index (χ3v) is 5.47. The summed E-state index contributed by atoms with van der Waals surface area (Å²) in [4.78, 5) is 10.9. The van der Waals surface area contributed by atoms with Gasteiger partial charge in [0.15, 0.2) is 0 Å². The molecule has 0 spiro atoms. The van der Waals surface area contributed by atoms with Crippen molar-refractivity contribution in [3.63, 3.8) is 0 Å². The van der Waals surface area contributed by atoms with Gasteiger partial charge in [0.2, 0.25) is 10.0 Å². The highest BCUT2D eigenvalue weighted by Crippen LogP contribution is 2.19. The van der Waals surface area contributed by atoms with E-state index in [0.29, 0.717) is 39.0 Å². The van der Waals surface area contributed by atoms with Crippen LogP contribution in [0.3, 0.4) is 0 Å². The first kappa shape index (κ1) is 15.4. The maximum Gasteiger partial charge on any atom is 0.305 e. The van der Waals surface area contributed by atoms with Crippen LogP contribution in [0, 0.1) is 0 Å². The van der Waals surface area contributed by atoms with Crippen LogP contribution in [0.4, 0.5) is 0 Å². The fourth-order valence-electron chi connectivity index (χ4n) is 1.90. The minimum absolute atomic E-state index is 0.240. The number of sulfonamides is 1. The van der Waals surface area contributed by atoms with Crippen molar-refractivity contribution in [2.45, 2.75) is 30.9 Å². The Morgan fingerprint density at radius 3 is 2.56 bits per heavy atom. The van der Waals surface area contributed by atoms with Gasteiger partial charge in [0.05, 0.1) is 12.4 Å². The predicted octanol–water partition coefficient (Wildman–Crippen LogP) is 0.380. The summed E-state index contributed by atoms with van der Waals surface area (Å²) < 4.78 is 35.4. The van der Waals surface area contributed by atoms with E-state index in [1.165, 1.54) is 11.4 Å². The van der Waals surface area contributed by atoms with E-state index in [-0.39, 0.29) is 17.6 Å². The molecule has 0 N–H and O–H groups in total. The van der Waals surface area contributed by atoms with Gasteiger partial charge in [-0.1, -0.05) is 0 Å². The molecule has 0 bridgehead atoms. The molecule has 6 nitrogen and oxygen atoms in total. The van der Waals surface area contributed by atoms with E-state index in [4.69, 9.17) is 4.74 Å². The topological polar surface area (TPSA) is 72.9 Å². The zero-order valence-corrected chi connectivity index (χ0v) is 11.7. The normalized spacial score (nSPS) is 17.9. The summed E-state index contributed by atoms with van der Waals surface area (Å²) in [5.41, 5.74) is 0. The van der Waals surface area contributed by atoms with E-state index in [2.05, 4.69) is 4.74 Å². The quantitative estimate of drug-likeness (QED) is 0.657. The summed E-state index contributed by atoms with van der Waals surface area (Å²) >= 11 is 0. The van der Waals surface area contributed by atoms with Crippen molar-refractivity contribution in [3.05, 3.63) is 0 Å². The van der Waals surface area contributed by atoms with Gasteiger partial charge in [0.1, 0.15) is 0 Å². The molecule has 0 aliphatic carbocycles. The molecule has 7 heteroatoms. The van der Waals surface area contributed by atoms with E-state index < -0.39 is 10.0 Å². The van der Waals surface area contributed by atoms with Gasteiger partial charge in [-0.25, -0.2) is 12.7 Å². The predicted molar refractivity (Wildman–Crippen MR) is 66.6 cm³/mol. The average molecular weight is 279 g/mol. The maximum absolute atomic E-state index is 12.2. The lowest BCUT2D eigenvalue weighted by molar-refractivity contribution is -0.140. The van der Waals surface area contributed by atoms with Crippen LogP contribution in [0.15, 0.2) is 0 Å². The molecule has 0 amide bonds. The first-order chi connectivity index (χ1) is 8.48. The highest BCUT2D eigenvalue weighted by atomic mass is 32.2. The Bertz CT molecular complexity index is 362. The number of carbonyl (C=O) groups excluding carboxylic acids is 1. The second-order valence-corrected chi connectivity index (χ2v) is 6.68. The van der Waals surface area contributed by atoms with Gasteiger partial charge in [-0.15, -0.1) is 0 Å². The van der Waals surface area contributed by atoms with Crippen molar-refractivity contribution in [1.29, 1.82) is 0 Å². The van der Waals surface area contributed by atoms with Crippen molar-refractivity contribution in [2.24, 2.45) is 0 Å². The molecule has 106 valence electrons. The van der Waals surface area contributed by atoms with Gasteiger partial charge >= 0.3 is 5.97 Å². The van der Waals surface area contributed by atoms with E-state index in [1.54, 1.807) is 7.05 Å². The first-order valence-corrected chi connectivity index (χ1v) is 7.58. The molecule has 0 unspecified atom stereocenters. The number of rotatable bonds is 6. The molecule has 18 heavy (non-hydrogen) atoms. The lowest BCUT2D eigenvalue weighted by atomic mass is 10.2. The van der Waals surface area contributed by atoms with Crippen LogP contribution in [0.1, 0.15) is 25.7 Å². The highest BCUT2D eigenvalue weighted by molar-refractivity contribution is 7.89. The molecule has 1 rings (SSSR count). The summed E-state index contributed by atoms with van der Waals surface area (Å²) in [5, 5.41) is -0.352. The van der Waals surface area contributed by atoms with E-state index in [9.17, 15) is 13.2 Å². The van der Waals surface area contributed by atoms with Crippen molar-refractivity contribution in [2.75, 3.05) is 33.9 Å². The van der Waals surface area contributed by atoms with Crippen LogP contribution in [0.2, 0.25) is 0 Å². The molecule has 0 aromatic carbocycles. The average Bonchev–Trinajstić information content (AvgIpc) is 2.39. The largest absolute Gasteiger partial charge is 0.469 e. The fraction of sp³-hybridized carbons (Fsp3) is 0.909. The SMILES string of the molecule is COC(=O)CCCN(C)S(=O)(=O)C1CCOCC1. The molecule has 0 aromatic heterocycles. The lowest BCUT2D eigenvalue weighted by Crippen LogP contribution is -2.39. The molecule has 0 aromatic rings. The third-order valence-electron chi connectivity index (χ3n) is 3.11. The molecule has 0 atom stereocenters. The summed E-state index contributed by atoms with van der Waals surface area (Å²) in [6, 6.07) is 0. The number of esters is 1. The van der Waals surface area contributed by atoms with Gasteiger partial charge in [0.25, 0.3) is 0 Å². The Morgan fingerprint density at radius 1 is 1.39 bits per heavy atom. The van der Waals surface area contributed by atoms with Crippen LogP contribution >= 0.6 is 0 Å².